The molecule has 1 saturated carbocycles. The summed E-state index contributed by atoms with van der Waals surface area (Å²) in [5.74, 6) is 1.29. The average molecular weight is 282 g/mol. The predicted octanol–water partition coefficient (Wildman–Crippen LogP) is 3.62. The minimum atomic E-state index is 0.115. The molecule has 3 heteroatoms. The van der Waals surface area contributed by atoms with Crippen LogP contribution >= 0.6 is 0 Å². The molecule has 0 heterocycles. The van der Waals surface area contributed by atoms with E-state index in [0.29, 0.717) is 23.7 Å². The van der Waals surface area contributed by atoms with Crippen LogP contribution in [0.3, 0.4) is 0 Å². The average Bonchev–Trinajstić information content (AvgIpc) is 3.34. The van der Waals surface area contributed by atoms with E-state index >= 15 is 0 Å². The van der Waals surface area contributed by atoms with Crippen molar-refractivity contribution >= 4 is 6.29 Å². The fraction of sp³-hybridized carbons (Fsp3) is 0.278. The fourth-order valence-electron chi connectivity index (χ4n) is 2.55. The largest absolute Gasteiger partial charge is 0.493 e. The van der Waals surface area contributed by atoms with Crippen LogP contribution in [0.15, 0.2) is 48.5 Å². The molecule has 0 amide bonds. The van der Waals surface area contributed by atoms with Crippen LogP contribution in [0, 0.1) is 0 Å². The third-order valence-corrected chi connectivity index (χ3v) is 4.07. The number of aldehydes is 1. The third-order valence-electron chi connectivity index (χ3n) is 4.07. The summed E-state index contributed by atoms with van der Waals surface area (Å²) in [4.78, 5) is 10.9. The zero-order valence-corrected chi connectivity index (χ0v) is 12.0. The van der Waals surface area contributed by atoms with Crippen molar-refractivity contribution in [3.8, 4) is 11.5 Å². The lowest BCUT2D eigenvalue weighted by atomic mass is 9.97. The number of carbonyl (C=O) groups is 1. The highest BCUT2D eigenvalue weighted by atomic mass is 16.5. The zero-order chi connectivity index (χ0) is 14.7. The Labute approximate surface area is 124 Å². The molecule has 108 valence electrons. The molecule has 1 fully saturated rings. The van der Waals surface area contributed by atoms with Crippen molar-refractivity contribution in [1.29, 1.82) is 0 Å². The number of rotatable bonds is 6. The molecule has 2 aromatic carbocycles. The lowest BCUT2D eigenvalue weighted by molar-refractivity contribution is 0.112. The monoisotopic (exact) mass is 282 g/mol. The molecule has 0 bridgehead atoms. The number of benzene rings is 2. The smallest absolute Gasteiger partial charge is 0.161 e. The molecule has 0 saturated heterocycles. The van der Waals surface area contributed by atoms with Crippen LogP contribution in [0.1, 0.15) is 28.8 Å². The van der Waals surface area contributed by atoms with Crippen LogP contribution in [0.25, 0.3) is 0 Å². The first-order chi connectivity index (χ1) is 10.3. The van der Waals surface area contributed by atoms with Crippen LogP contribution in [0.2, 0.25) is 0 Å². The van der Waals surface area contributed by atoms with Crippen molar-refractivity contribution in [2.24, 2.45) is 0 Å². The Hall–Kier alpha value is -2.29. The maximum atomic E-state index is 10.9. The van der Waals surface area contributed by atoms with E-state index in [4.69, 9.17) is 9.47 Å². The second-order valence-corrected chi connectivity index (χ2v) is 5.46. The molecule has 0 radical (unpaired) electrons. The molecule has 1 aliphatic carbocycles. The summed E-state index contributed by atoms with van der Waals surface area (Å²) in [6.45, 7) is 0.607. The van der Waals surface area contributed by atoms with Crippen molar-refractivity contribution in [1.82, 2.24) is 0 Å². The molecular formula is C18H18O3. The van der Waals surface area contributed by atoms with Gasteiger partial charge < -0.3 is 9.47 Å². The Kier molecular flexibility index (Phi) is 3.65. The van der Waals surface area contributed by atoms with Gasteiger partial charge in [0.15, 0.2) is 11.5 Å². The van der Waals surface area contributed by atoms with Gasteiger partial charge in [-0.2, -0.15) is 0 Å². The van der Waals surface area contributed by atoms with Crippen LogP contribution < -0.4 is 9.47 Å². The number of hydrogen-bond donors (Lipinski definition) is 0. The Morgan fingerprint density at radius 3 is 2.48 bits per heavy atom. The quantitative estimate of drug-likeness (QED) is 0.759. The van der Waals surface area contributed by atoms with Gasteiger partial charge in [0.1, 0.15) is 6.29 Å². The molecule has 2 aromatic rings. The van der Waals surface area contributed by atoms with Crippen molar-refractivity contribution in [3.63, 3.8) is 0 Å². The van der Waals surface area contributed by atoms with E-state index < -0.39 is 0 Å². The second-order valence-electron chi connectivity index (χ2n) is 5.46. The lowest BCUT2D eigenvalue weighted by Crippen LogP contribution is -2.17. The van der Waals surface area contributed by atoms with Crippen molar-refractivity contribution in [2.45, 2.75) is 18.3 Å². The highest BCUT2D eigenvalue weighted by Gasteiger charge is 2.45. The van der Waals surface area contributed by atoms with Gasteiger partial charge >= 0.3 is 0 Å². The third kappa shape index (κ3) is 2.77. The molecule has 0 unspecified atom stereocenters. The molecule has 0 aliphatic heterocycles. The Morgan fingerprint density at radius 1 is 1.10 bits per heavy atom. The summed E-state index contributed by atoms with van der Waals surface area (Å²) in [6.07, 6.45) is 3.08. The Balaban J connectivity index is 1.77. The van der Waals surface area contributed by atoms with Crippen LogP contribution in [-0.4, -0.2) is 20.0 Å². The lowest BCUT2D eigenvalue weighted by Gasteiger charge is -2.18. The Morgan fingerprint density at radius 2 is 1.86 bits per heavy atom. The molecule has 1 aliphatic rings. The van der Waals surface area contributed by atoms with Crippen LogP contribution in [-0.2, 0) is 5.41 Å². The van der Waals surface area contributed by atoms with E-state index in [-0.39, 0.29) is 5.41 Å². The van der Waals surface area contributed by atoms with E-state index in [9.17, 15) is 4.79 Å². The zero-order valence-electron chi connectivity index (χ0n) is 12.0. The summed E-state index contributed by atoms with van der Waals surface area (Å²) in [5.41, 5.74) is 2.02. The molecule has 21 heavy (non-hydrogen) atoms. The maximum Gasteiger partial charge on any atom is 0.161 e. The maximum absolute atomic E-state index is 10.9. The van der Waals surface area contributed by atoms with E-state index in [2.05, 4.69) is 24.3 Å². The van der Waals surface area contributed by atoms with Gasteiger partial charge in [-0.05, 0) is 36.6 Å². The van der Waals surface area contributed by atoms with E-state index in [0.717, 1.165) is 19.1 Å². The van der Waals surface area contributed by atoms with Gasteiger partial charge in [0, 0.05) is 11.0 Å². The molecule has 3 rings (SSSR count). The minimum absolute atomic E-state index is 0.115. The van der Waals surface area contributed by atoms with Crippen molar-refractivity contribution < 1.29 is 14.3 Å². The summed E-state index contributed by atoms with van der Waals surface area (Å²) in [6, 6.07) is 15.7. The van der Waals surface area contributed by atoms with Crippen molar-refractivity contribution in [3.05, 3.63) is 59.7 Å². The number of carbonyl (C=O) groups excluding carboxylic acids is 1. The van der Waals surface area contributed by atoms with Crippen molar-refractivity contribution in [2.75, 3.05) is 13.7 Å². The summed E-state index contributed by atoms with van der Waals surface area (Å²) >= 11 is 0. The first-order valence-electron chi connectivity index (χ1n) is 7.09. The molecular weight excluding hydrogens is 264 g/mol. The SMILES string of the molecule is COc1ccc(C=O)cc1OCC1(c2ccccc2)CC1. The Bertz CT molecular complexity index is 630. The van der Waals surface area contributed by atoms with Gasteiger partial charge in [0.05, 0.1) is 13.7 Å². The highest BCUT2D eigenvalue weighted by molar-refractivity contribution is 5.76. The molecule has 0 N–H and O–H groups in total. The highest BCUT2D eigenvalue weighted by Crippen LogP contribution is 2.48. The summed E-state index contributed by atoms with van der Waals surface area (Å²) in [7, 11) is 1.60. The minimum Gasteiger partial charge on any atom is -0.493 e. The number of hydrogen-bond acceptors (Lipinski definition) is 3. The summed E-state index contributed by atoms with van der Waals surface area (Å²) < 4.78 is 11.3. The van der Waals surface area contributed by atoms with Gasteiger partial charge in [-0.1, -0.05) is 30.3 Å². The second kappa shape index (κ2) is 5.60. The first-order valence-corrected chi connectivity index (χ1v) is 7.09. The van der Waals surface area contributed by atoms with Gasteiger partial charge in [0.2, 0.25) is 0 Å². The molecule has 0 aromatic heterocycles. The normalized spacial score (nSPS) is 15.3. The van der Waals surface area contributed by atoms with E-state index in [1.54, 1.807) is 25.3 Å². The van der Waals surface area contributed by atoms with Crippen LogP contribution in [0.4, 0.5) is 0 Å². The molecule has 3 nitrogen and oxygen atoms in total. The molecule has 0 spiro atoms. The van der Waals surface area contributed by atoms with Crippen LogP contribution in [0.5, 0.6) is 11.5 Å². The topological polar surface area (TPSA) is 35.5 Å². The number of methoxy groups -OCH3 is 1. The fourth-order valence-corrected chi connectivity index (χ4v) is 2.55. The molecule has 0 atom stereocenters. The van der Waals surface area contributed by atoms with E-state index in [1.807, 2.05) is 6.07 Å². The van der Waals surface area contributed by atoms with Gasteiger partial charge in [-0.25, -0.2) is 0 Å². The van der Waals surface area contributed by atoms with Gasteiger partial charge in [-0.3, -0.25) is 4.79 Å². The van der Waals surface area contributed by atoms with Gasteiger partial charge in [0.25, 0.3) is 0 Å². The standard InChI is InChI=1S/C18H18O3/c1-20-16-8-7-14(12-19)11-17(16)21-13-18(9-10-18)15-5-3-2-4-6-15/h2-8,11-12H,9-10,13H2,1H3. The van der Waals surface area contributed by atoms with Gasteiger partial charge in [-0.15, -0.1) is 0 Å². The summed E-state index contributed by atoms with van der Waals surface area (Å²) in [5, 5.41) is 0. The number of ether oxygens (including phenoxy) is 2. The van der Waals surface area contributed by atoms with E-state index in [1.165, 1.54) is 5.56 Å². The predicted molar refractivity (Wildman–Crippen MR) is 81.2 cm³/mol. The first kappa shape index (κ1) is 13.7.